The Morgan fingerprint density at radius 1 is 1.18 bits per heavy atom. The molecule has 1 N–H and O–H groups in total. The van der Waals surface area contributed by atoms with Crippen molar-refractivity contribution in [2.75, 3.05) is 25.0 Å². The van der Waals surface area contributed by atoms with E-state index < -0.39 is 0 Å². The van der Waals surface area contributed by atoms with Crippen LogP contribution in [0.2, 0.25) is 0 Å². The summed E-state index contributed by atoms with van der Waals surface area (Å²) in [5, 5.41) is 3.66. The predicted molar refractivity (Wildman–Crippen MR) is 74.4 cm³/mol. The van der Waals surface area contributed by atoms with E-state index in [1.54, 1.807) is 0 Å². The lowest BCUT2D eigenvalue weighted by atomic mass is 10.1. The van der Waals surface area contributed by atoms with Crippen molar-refractivity contribution in [3.05, 3.63) is 30.3 Å². The van der Waals surface area contributed by atoms with Crippen molar-refractivity contribution in [2.24, 2.45) is 0 Å². The van der Waals surface area contributed by atoms with Crippen molar-refractivity contribution in [1.29, 1.82) is 0 Å². The highest BCUT2D eigenvalue weighted by atomic mass is 15.1. The minimum Gasteiger partial charge on any atom is -0.382 e. The maximum absolute atomic E-state index is 3.66. The molecule has 0 radical (unpaired) electrons. The number of anilines is 1. The average Bonchev–Trinajstić information content (AvgIpc) is 2.57. The molecule has 1 atom stereocenters. The topological polar surface area (TPSA) is 15.3 Å². The van der Waals surface area contributed by atoms with E-state index >= 15 is 0 Å². The first-order valence-corrected chi connectivity index (χ1v) is 6.92. The molecule has 0 saturated carbocycles. The summed E-state index contributed by atoms with van der Waals surface area (Å²) in [6.07, 6.45) is 5.17. The van der Waals surface area contributed by atoms with Crippen LogP contribution in [0.3, 0.4) is 0 Å². The van der Waals surface area contributed by atoms with Crippen molar-refractivity contribution in [3.8, 4) is 0 Å². The largest absolute Gasteiger partial charge is 0.382 e. The number of likely N-dealkylation sites (tertiary alicyclic amines) is 1. The van der Waals surface area contributed by atoms with Crippen molar-refractivity contribution in [3.63, 3.8) is 0 Å². The van der Waals surface area contributed by atoms with Gasteiger partial charge in [0, 0.05) is 18.3 Å². The van der Waals surface area contributed by atoms with Gasteiger partial charge in [-0.2, -0.15) is 0 Å². The Bertz CT molecular complexity index is 310. The SMILES string of the molecule is CCCN1CCCC(Nc2ccccc2)CC1. The molecule has 2 heteroatoms. The lowest BCUT2D eigenvalue weighted by molar-refractivity contribution is 0.285. The summed E-state index contributed by atoms with van der Waals surface area (Å²) in [5.41, 5.74) is 1.27. The third-order valence-electron chi connectivity index (χ3n) is 3.51. The average molecular weight is 232 g/mol. The van der Waals surface area contributed by atoms with E-state index in [-0.39, 0.29) is 0 Å². The van der Waals surface area contributed by atoms with Crippen LogP contribution in [0.25, 0.3) is 0 Å². The summed E-state index contributed by atoms with van der Waals surface area (Å²) in [6.45, 7) is 6.06. The van der Waals surface area contributed by atoms with E-state index in [2.05, 4.69) is 47.5 Å². The van der Waals surface area contributed by atoms with Gasteiger partial charge in [-0.1, -0.05) is 25.1 Å². The molecule has 0 amide bonds. The van der Waals surface area contributed by atoms with Crippen LogP contribution < -0.4 is 5.32 Å². The van der Waals surface area contributed by atoms with Gasteiger partial charge in [0.1, 0.15) is 0 Å². The van der Waals surface area contributed by atoms with E-state index in [0.717, 1.165) is 0 Å². The molecule has 17 heavy (non-hydrogen) atoms. The summed E-state index contributed by atoms with van der Waals surface area (Å²) in [7, 11) is 0. The molecule has 1 aromatic rings. The fourth-order valence-corrected chi connectivity index (χ4v) is 2.61. The predicted octanol–water partition coefficient (Wildman–Crippen LogP) is 3.36. The van der Waals surface area contributed by atoms with E-state index in [1.807, 2.05) is 0 Å². The number of para-hydroxylation sites is 1. The molecule has 1 aliphatic heterocycles. The molecule has 94 valence electrons. The van der Waals surface area contributed by atoms with Gasteiger partial charge in [0.2, 0.25) is 0 Å². The summed E-state index contributed by atoms with van der Waals surface area (Å²) in [5.74, 6) is 0. The Hall–Kier alpha value is -1.02. The van der Waals surface area contributed by atoms with Gasteiger partial charge in [-0.05, 0) is 50.9 Å². The van der Waals surface area contributed by atoms with Crippen LogP contribution in [0.1, 0.15) is 32.6 Å². The number of rotatable bonds is 4. The minimum absolute atomic E-state index is 0.652. The first-order valence-electron chi connectivity index (χ1n) is 6.92. The molecule has 1 saturated heterocycles. The molecule has 1 fully saturated rings. The third-order valence-corrected chi connectivity index (χ3v) is 3.51. The molecular formula is C15H24N2. The molecule has 0 aromatic heterocycles. The summed E-state index contributed by atoms with van der Waals surface area (Å²) in [4.78, 5) is 2.60. The molecular weight excluding hydrogens is 208 g/mol. The van der Waals surface area contributed by atoms with E-state index in [1.165, 1.54) is 51.0 Å². The zero-order valence-corrected chi connectivity index (χ0v) is 10.9. The van der Waals surface area contributed by atoms with Crippen LogP contribution in [0.4, 0.5) is 5.69 Å². The molecule has 1 aliphatic rings. The van der Waals surface area contributed by atoms with Crippen LogP contribution in [-0.4, -0.2) is 30.6 Å². The molecule has 2 nitrogen and oxygen atoms in total. The zero-order chi connectivity index (χ0) is 11.9. The summed E-state index contributed by atoms with van der Waals surface area (Å²) < 4.78 is 0. The normalized spacial score (nSPS) is 22.1. The fourth-order valence-electron chi connectivity index (χ4n) is 2.61. The molecule has 0 bridgehead atoms. The highest BCUT2D eigenvalue weighted by Crippen LogP contribution is 2.16. The number of hydrogen-bond donors (Lipinski definition) is 1. The quantitative estimate of drug-likeness (QED) is 0.856. The molecule has 0 spiro atoms. The Morgan fingerprint density at radius 2 is 2.00 bits per heavy atom. The Morgan fingerprint density at radius 3 is 2.76 bits per heavy atom. The molecule has 1 aromatic carbocycles. The maximum Gasteiger partial charge on any atom is 0.0342 e. The number of nitrogens with one attached hydrogen (secondary N) is 1. The van der Waals surface area contributed by atoms with Crippen LogP contribution in [0.15, 0.2) is 30.3 Å². The number of benzene rings is 1. The van der Waals surface area contributed by atoms with Gasteiger partial charge < -0.3 is 10.2 Å². The van der Waals surface area contributed by atoms with E-state index in [0.29, 0.717) is 6.04 Å². The molecule has 1 heterocycles. The Balaban J connectivity index is 1.83. The monoisotopic (exact) mass is 232 g/mol. The van der Waals surface area contributed by atoms with Crippen LogP contribution in [-0.2, 0) is 0 Å². The molecule has 0 aliphatic carbocycles. The van der Waals surface area contributed by atoms with Crippen molar-refractivity contribution >= 4 is 5.69 Å². The lowest BCUT2D eigenvalue weighted by Gasteiger charge is -2.20. The highest BCUT2D eigenvalue weighted by molar-refractivity contribution is 5.43. The zero-order valence-electron chi connectivity index (χ0n) is 10.9. The standard InChI is InChI=1S/C15H24N2/c1-2-11-17-12-6-9-15(10-13-17)16-14-7-4-3-5-8-14/h3-5,7-8,15-16H,2,6,9-13H2,1H3. The second kappa shape index (κ2) is 6.65. The minimum atomic E-state index is 0.652. The Kier molecular flexibility index (Phi) is 4.87. The van der Waals surface area contributed by atoms with Gasteiger partial charge in [0.15, 0.2) is 0 Å². The van der Waals surface area contributed by atoms with Crippen LogP contribution in [0, 0.1) is 0 Å². The third kappa shape index (κ3) is 4.04. The summed E-state index contributed by atoms with van der Waals surface area (Å²) in [6, 6.07) is 11.2. The fraction of sp³-hybridized carbons (Fsp3) is 0.600. The highest BCUT2D eigenvalue weighted by Gasteiger charge is 2.15. The van der Waals surface area contributed by atoms with Gasteiger partial charge in [0.25, 0.3) is 0 Å². The van der Waals surface area contributed by atoms with Gasteiger partial charge in [-0.3, -0.25) is 0 Å². The molecule has 2 rings (SSSR count). The van der Waals surface area contributed by atoms with Crippen molar-refractivity contribution in [1.82, 2.24) is 4.90 Å². The van der Waals surface area contributed by atoms with E-state index in [4.69, 9.17) is 0 Å². The second-order valence-corrected chi connectivity index (χ2v) is 4.98. The van der Waals surface area contributed by atoms with Crippen molar-refractivity contribution < 1.29 is 0 Å². The van der Waals surface area contributed by atoms with Crippen LogP contribution in [0.5, 0.6) is 0 Å². The first-order chi connectivity index (χ1) is 8.38. The number of nitrogens with zero attached hydrogens (tertiary/aromatic N) is 1. The maximum atomic E-state index is 3.66. The van der Waals surface area contributed by atoms with Gasteiger partial charge in [0.05, 0.1) is 0 Å². The first kappa shape index (κ1) is 12.4. The lowest BCUT2D eigenvalue weighted by Crippen LogP contribution is -2.27. The van der Waals surface area contributed by atoms with Crippen LogP contribution >= 0.6 is 0 Å². The summed E-state index contributed by atoms with van der Waals surface area (Å²) >= 11 is 0. The van der Waals surface area contributed by atoms with Crippen molar-refractivity contribution in [2.45, 2.75) is 38.6 Å². The second-order valence-electron chi connectivity index (χ2n) is 4.98. The number of hydrogen-bond acceptors (Lipinski definition) is 2. The Labute approximate surface area is 105 Å². The van der Waals surface area contributed by atoms with Gasteiger partial charge >= 0.3 is 0 Å². The van der Waals surface area contributed by atoms with Gasteiger partial charge in [-0.15, -0.1) is 0 Å². The smallest absolute Gasteiger partial charge is 0.0342 e. The van der Waals surface area contributed by atoms with Gasteiger partial charge in [-0.25, -0.2) is 0 Å². The molecule has 1 unspecified atom stereocenters. The van der Waals surface area contributed by atoms with E-state index in [9.17, 15) is 0 Å².